The van der Waals surface area contributed by atoms with Gasteiger partial charge in [0.05, 0.1) is 0 Å². The summed E-state index contributed by atoms with van der Waals surface area (Å²) in [7, 11) is 0. The first kappa shape index (κ1) is 24.8. The molecule has 3 amide bonds. The van der Waals surface area contributed by atoms with Crippen LogP contribution in [0, 0.1) is 0 Å². The van der Waals surface area contributed by atoms with Crippen LogP contribution >= 0.6 is 11.6 Å². The maximum absolute atomic E-state index is 13.1. The maximum atomic E-state index is 13.1. The monoisotopic (exact) mass is 507 g/mol. The quantitative estimate of drug-likeness (QED) is 0.210. The van der Waals surface area contributed by atoms with E-state index in [1.165, 1.54) is 30.3 Å². The Bertz CT molecular complexity index is 1290. The second-order valence-electron chi connectivity index (χ2n) is 7.85. The zero-order valence-corrected chi connectivity index (χ0v) is 19.6. The van der Waals surface area contributed by atoms with E-state index < -0.39 is 23.8 Å². The Morgan fingerprint density at radius 1 is 0.972 bits per heavy atom. The first-order valence-electron chi connectivity index (χ1n) is 10.9. The molecular weight excluding hydrogens is 486 g/mol. The molecule has 0 fully saturated rings. The summed E-state index contributed by atoms with van der Waals surface area (Å²) in [5.74, 6) is -0.345. The van der Waals surface area contributed by atoms with Crippen LogP contribution in [-0.2, 0) is 16.0 Å². The first-order chi connectivity index (χ1) is 17.4. The summed E-state index contributed by atoms with van der Waals surface area (Å²) >= 11 is 5.96. The summed E-state index contributed by atoms with van der Waals surface area (Å²) in [5, 5.41) is 14.8. The molecule has 0 aliphatic carbocycles. The SMILES string of the molecule is O=C(/C=C/c1ccc2c(c1)OCO2)NC(Cc1ccc(Cl)cc1)C(=O)Nc1ccc(C(=O)NO)cc1. The van der Waals surface area contributed by atoms with Crippen molar-refractivity contribution in [3.63, 3.8) is 0 Å². The Hall–Kier alpha value is -4.34. The third-order valence-corrected chi connectivity index (χ3v) is 5.58. The Balaban J connectivity index is 1.46. The zero-order valence-electron chi connectivity index (χ0n) is 18.9. The molecule has 9 nitrogen and oxygen atoms in total. The van der Waals surface area contributed by atoms with Gasteiger partial charge in [-0.25, -0.2) is 5.48 Å². The summed E-state index contributed by atoms with van der Waals surface area (Å²) in [4.78, 5) is 37.3. The Morgan fingerprint density at radius 3 is 2.42 bits per heavy atom. The number of amides is 3. The standard InChI is InChI=1S/C26H22ClN3O6/c27-19-7-1-16(2-8-19)13-21(26(33)28-20-9-5-18(6-10-20)25(32)30-34)29-24(31)12-4-17-3-11-22-23(14-17)36-15-35-22/h1-12,14,21,34H,13,15H2,(H,28,33)(H,29,31)(H,30,32)/b12-4+. The number of carbonyl (C=O) groups is 3. The molecule has 0 aromatic heterocycles. The van der Waals surface area contributed by atoms with Gasteiger partial charge in [0.15, 0.2) is 11.5 Å². The largest absolute Gasteiger partial charge is 0.454 e. The van der Waals surface area contributed by atoms with Crippen LogP contribution in [0.25, 0.3) is 6.08 Å². The van der Waals surface area contributed by atoms with Gasteiger partial charge in [0.25, 0.3) is 5.91 Å². The van der Waals surface area contributed by atoms with Gasteiger partial charge in [-0.15, -0.1) is 0 Å². The zero-order chi connectivity index (χ0) is 25.5. The number of carbonyl (C=O) groups excluding carboxylic acids is 3. The number of fused-ring (bicyclic) bond motifs is 1. The van der Waals surface area contributed by atoms with Gasteiger partial charge in [0, 0.05) is 28.8 Å². The van der Waals surface area contributed by atoms with Gasteiger partial charge in [-0.1, -0.05) is 29.8 Å². The van der Waals surface area contributed by atoms with Crippen LogP contribution in [0.4, 0.5) is 5.69 Å². The number of halogens is 1. The lowest BCUT2D eigenvalue weighted by Gasteiger charge is -2.18. The number of ether oxygens (including phenoxy) is 2. The van der Waals surface area contributed by atoms with E-state index in [9.17, 15) is 14.4 Å². The highest BCUT2D eigenvalue weighted by atomic mass is 35.5. The molecule has 10 heteroatoms. The van der Waals surface area contributed by atoms with Crippen molar-refractivity contribution in [2.24, 2.45) is 0 Å². The molecule has 0 bridgehead atoms. The van der Waals surface area contributed by atoms with Crippen molar-refractivity contribution in [1.82, 2.24) is 10.8 Å². The molecule has 0 saturated carbocycles. The normalized spacial score (nSPS) is 12.7. The van der Waals surface area contributed by atoms with E-state index in [4.69, 9.17) is 26.3 Å². The van der Waals surface area contributed by atoms with Gasteiger partial charge in [0.1, 0.15) is 6.04 Å². The van der Waals surface area contributed by atoms with E-state index in [1.807, 2.05) is 0 Å². The van der Waals surface area contributed by atoms with E-state index in [0.29, 0.717) is 22.2 Å². The van der Waals surface area contributed by atoms with Crippen LogP contribution in [0.15, 0.2) is 72.8 Å². The number of benzene rings is 3. The predicted molar refractivity (Wildman–Crippen MR) is 133 cm³/mol. The highest BCUT2D eigenvalue weighted by Crippen LogP contribution is 2.32. The first-order valence-corrected chi connectivity index (χ1v) is 11.3. The van der Waals surface area contributed by atoms with Gasteiger partial charge in [-0.3, -0.25) is 19.6 Å². The van der Waals surface area contributed by atoms with Gasteiger partial charge in [-0.2, -0.15) is 0 Å². The number of rotatable bonds is 8. The molecule has 1 aliphatic heterocycles. The van der Waals surface area contributed by atoms with Crippen molar-refractivity contribution < 1.29 is 29.1 Å². The molecule has 4 N–H and O–H groups in total. The number of hydroxylamine groups is 1. The van der Waals surface area contributed by atoms with Crippen LogP contribution in [0.5, 0.6) is 11.5 Å². The van der Waals surface area contributed by atoms with E-state index >= 15 is 0 Å². The minimum atomic E-state index is -0.902. The van der Waals surface area contributed by atoms with E-state index in [1.54, 1.807) is 54.0 Å². The van der Waals surface area contributed by atoms with E-state index in [0.717, 1.165) is 11.1 Å². The summed E-state index contributed by atoms with van der Waals surface area (Å²) in [6.07, 6.45) is 3.17. The molecule has 0 saturated heterocycles. The predicted octanol–water partition coefficient (Wildman–Crippen LogP) is 3.57. The molecular formula is C26H22ClN3O6. The minimum absolute atomic E-state index is 0.155. The fourth-order valence-electron chi connectivity index (χ4n) is 3.47. The van der Waals surface area contributed by atoms with Crippen molar-refractivity contribution in [3.05, 3.63) is 94.5 Å². The average Bonchev–Trinajstić information content (AvgIpc) is 3.36. The summed E-state index contributed by atoms with van der Waals surface area (Å²) in [6.45, 7) is 0.155. The third-order valence-electron chi connectivity index (χ3n) is 5.33. The molecule has 184 valence electrons. The Morgan fingerprint density at radius 2 is 1.69 bits per heavy atom. The molecule has 3 aromatic rings. The fourth-order valence-corrected chi connectivity index (χ4v) is 3.60. The number of nitrogens with one attached hydrogen (secondary N) is 3. The molecule has 1 atom stereocenters. The van der Waals surface area contributed by atoms with Crippen molar-refractivity contribution in [2.75, 3.05) is 12.1 Å². The molecule has 1 aliphatic rings. The topological polar surface area (TPSA) is 126 Å². The summed E-state index contributed by atoms with van der Waals surface area (Å²) in [6, 6.07) is 17.3. The van der Waals surface area contributed by atoms with Gasteiger partial charge < -0.3 is 20.1 Å². The fraction of sp³-hybridized carbons (Fsp3) is 0.115. The molecule has 1 heterocycles. The van der Waals surface area contributed by atoms with Crippen LogP contribution < -0.4 is 25.6 Å². The number of hydrogen-bond acceptors (Lipinski definition) is 6. The molecule has 36 heavy (non-hydrogen) atoms. The average molecular weight is 508 g/mol. The summed E-state index contributed by atoms with van der Waals surface area (Å²) < 4.78 is 10.6. The smallest absolute Gasteiger partial charge is 0.274 e. The Labute approximate surface area is 211 Å². The number of hydrogen-bond donors (Lipinski definition) is 4. The van der Waals surface area contributed by atoms with Crippen molar-refractivity contribution in [3.8, 4) is 11.5 Å². The van der Waals surface area contributed by atoms with E-state index in [2.05, 4.69) is 10.6 Å². The van der Waals surface area contributed by atoms with Gasteiger partial charge in [0.2, 0.25) is 18.6 Å². The lowest BCUT2D eigenvalue weighted by Crippen LogP contribution is -2.44. The van der Waals surface area contributed by atoms with Gasteiger partial charge in [-0.05, 0) is 65.7 Å². The van der Waals surface area contributed by atoms with Crippen LogP contribution in [0.2, 0.25) is 5.02 Å². The highest BCUT2D eigenvalue weighted by molar-refractivity contribution is 6.30. The van der Waals surface area contributed by atoms with Crippen molar-refractivity contribution >= 4 is 41.1 Å². The lowest BCUT2D eigenvalue weighted by molar-refractivity contribution is -0.123. The van der Waals surface area contributed by atoms with E-state index in [-0.39, 0.29) is 18.8 Å². The molecule has 1 unspecified atom stereocenters. The van der Waals surface area contributed by atoms with Crippen molar-refractivity contribution in [1.29, 1.82) is 0 Å². The molecule has 0 radical (unpaired) electrons. The van der Waals surface area contributed by atoms with Gasteiger partial charge >= 0.3 is 0 Å². The molecule has 0 spiro atoms. The minimum Gasteiger partial charge on any atom is -0.454 e. The third kappa shape index (κ3) is 6.41. The van der Waals surface area contributed by atoms with Crippen LogP contribution in [-0.4, -0.2) is 35.8 Å². The van der Waals surface area contributed by atoms with Crippen molar-refractivity contribution in [2.45, 2.75) is 12.5 Å². The Kier molecular flexibility index (Phi) is 7.84. The summed E-state index contributed by atoms with van der Waals surface area (Å²) in [5.41, 5.74) is 3.72. The van der Waals surface area contributed by atoms with Crippen LogP contribution in [0.3, 0.4) is 0 Å². The lowest BCUT2D eigenvalue weighted by atomic mass is 10.0. The molecule has 3 aromatic carbocycles. The number of anilines is 1. The molecule has 4 rings (SSSR count). The second kappa shape index (κ2) is 11.4. The van der Waals surface area contributed by atoms with Crippen LogP contribution in [0.1, 0.15) is 21.5 Å². The highest BCUT2D eigenvalue weighted by Gasteiger charge is 2.21. The maximum Gasteiger partial charge on any atom is 0.274 e. The second-order valence-corrected chi connectivity index (χ2v) is 8.28.